The van der Waals surface area contributed by atoms with E-state index in [0.29, 0.717) is 5.70 Å². The van der Waals surface area contributed by atoms with Crippen LogP contribution in [0.25, 0.3) is 5.70 Å². The lowest BCUT2D eigenvalue weighted by Crippen LogP contribution is -2.49. The van der Waals surface area contributed by atoms with Crippen molar-refractivity contribution in [1.82, 2.24) is 5.06 Å². The van der Waals surface area contributed by atoms with Gasteiger partial charge in [0.2, 0.25) is 12.2 Å². The summed E-state index contributed by atoms with van der Waals surface area (Å²) in [5, 5.41) is 13.5. The van der Waals surface area contributed by atoms with Gasteiger partial charge >= 0.3 is 0 Å². The van der Waals surface area contributed by atoms with Crippen molar-refractivity contribution < 1.29 is 4.76 Å². The molecule has 1 heterocycles. The Bertz CT molecular complexity index is 521. The van der Waals surface area contributed by atoms with E-state index < -0.39 is 0 Å². The number of hydroxylamine groups is 2. The Morgan fingerprint density at radius 1 is 1.21 bits per heavy atom. The smallest absolute Gasteiger partial charge is 0.244 e. The topological polar surface area (TPSA) is 46.4 Å². The Morgan fingerprint density at radius 3 is 2.63 bits per heavy atom. The molecule has 1 aliphatic heterocycles. The van der Waals surface area contributed by atoms with Gasteiger partial charge in [0.15, 0.2) is 0 Å². The molecule has 0 aromatic heterocycles. The molecular formula is C15H18N2O2. The average Bonchev–Trinajstić information content (AvgIpc) is 2.44. The number of aryl methyl sites for hydroxylation is 1. The van der Waals surface area contributed by atoms with Gasteiger partial charge in [-0.15, -0.1) is 0 Å². The number of rotatable bonds is 1. The fourth-order valence-electron chi connectivity index (χ4n) is 3.04. The second kappa shape index (κ2) is 4.78. The van der Waals surface area contributed by atoms with Gasteiger partial charge in [-0.1, -0.05) is 36.2 Å². The van der Waals surface area contributed by atoms with Crippen molar-refractivity contribution in [1.29, 1.82) is 0 Å². The highest BCUT2D eigenvalue weighted by Gasteiger charge is 2.41. The Morgan fingerprint density at radius 2 is 1.89 bits per heavy atom. The Labute approximate surface area is 112 Å². The zero-order valence-electron chi connectivity index (χ0n) is 11.1. The molecule has 0 amide bonds. The minimum Gasteiger partial charge on any atom is -0.758 e. The maximum absolute atomic E-state index is 12.5. The van der Waals surface area contributed by atoms with E-state index in [0.717, 1.165) is 46.6 Å². The minimum absolute atomic E-state index is 0.166. The van der Waals surface area contributed by atoms with Gasteiger partial charge in [-0.2, -0.15) is 0 Å². The van der Waals surface area contributed by atoms with Gasteiger partial charge < -0.3 is 10.3 Å². The predicted octanol–water partition coefficient (Wildman–Crippen LogP) is 3.20. The van der Waals surface area contributed by atoms with E-state index in [2.05, 4.69) is 0 Å². The highest BCUT2D eigenvalue weighted by atomic mass is 16.5. The molecule has 1 aromatic carbocycles. The predicted molar refractivity (Wildman–Crippen MR) is 74.0 cm³/mol. The molecule has 3 rings (SSSR count). The van der Waals surface area contributed by atoms with E-state index in [1.807, 2.05) is 31.2 Å². The molecule has 4 heteroatoms. The summed E-state index contributed by atoms with van der Waals surface area (Å²) >= 11 is 0. The molecule has 2 atom stereocenters. The summed E-state index contributed by atoms with van der Waals surface area (Å²) in [7, 11) is 0. The number of nitrogens with zero attached hydrogens (tertiary/aromatic N) is 2. The number of benzene rings is 1. The summed E-state index contributed by atoms with van der Waals surface area (Å²) in [6.45, 7) is 2.01. The van der Waals surface area contributed by atoms with Gasteiger partial charge in [-0.25, -0.2) is 0 Å². The first-order valence-electron chi connectivity index (χ1n) is 6.87. The summed E-state index contributed by atoms with van der Waals surface area (Å²) in [4.78, 5) is 12.1. The lowest BCUT2D eigenvalue weighted by atomic mass is 9.88. The van der Waals surface area contributed by atoms with Crippen LogP contribution in [0, 0.1) is 17.0 Å². The van der Waals surface area contributed by atoms with E-state index in [-0.39, 0.29) is 12.1 Å². The third kappa shape index (κ3) is 2.16. The lowest BCUT2D eigenvalue weighted by Gasteiger charge is -2.44. The van der Waals surface area contributed by atoms with Crippen LogP contribution in [0.15, 0.2) is 30.5 Å². The second-order valence-electron chi connectivity index (χ2n) is 5.49. The van der Waals surface area contributed by atoms with Crippen molar-refractivity contribution >= 4 is 5.70 Å². The van der Waals surface area contributed by atoms with Crippen molar-refractivity contribution in [3.8, 4) is 0 Å². The highest BCUT2D eigenvalue weighted by Crippen LogP contribution is 2.34. The van der Waals surface area contributed by atoms with Gasteiger partial charge in [-0.05, 0) is 19.8 Å². The minimum atomic E-state index is -0.187. The molecule has 100 valence electrons. The SMILES string of the molecule is Cc1ccc(C2=C[N+](=O)[C@H]3CCCC[C@@H]3N2[O-])cc1. The molecule has 0 saturated heterocycles. The molecule has 1 saturated carbocycles. The Kier molecular flexibility index (Phi) is 3.11. The molecule has 19 heavy (non-hydrogen) atoms. The Balaban J connectivity index is 1.96. The fraction of sp³-hybridized carbons (Fsp3) is 0.467. The van der Waals surface area contributed by atoms with Crippen molar-refractivity contribution in [2.75, 3.05) is 0 Å². The van der Waals surface area contributed by atoms with Crippen molar-refractivity contribution in [3.05, 3.63) is 51.7 Å². The molecule has 1 fully saturated rings. The summed E-state index contributed by atoms with van der Waals surface area (Å²) < 4.78 is 0.993. The quantitative estimate of drug-likeness (QED) is 0.727. The van der Waals surface area contributed by atoms with E-state index in [4.69, 9.17) is 0 Å². The molecule has 0 bridgehead atoms. The van der Waals surface area contributed by atoms with Gasteiger partial charge in [0.05, 0.1) is 6.04 Å². The van der Waals surface area contributed by atoms with Crippen LogP contribution in [0.5, 0.6) is 0 Å². The van der Waals surface area contributed by atoms with Crippen LogP contribution in [0.3, 0.4) is 0 Å². The average molecular weight is 258 g/mol. The van der Waals surface area contributed by atoms with Crippen LogP contribution < -0.4 is 0 Å². The normalized spacial score (nSPS) is 26.9. The molecule has 0 unspecified atom stereocenters. The van der Waals surface area contributed by atoms with E-state index in [9.17, 15) is 10.1 Å². The maximum atomic E-state index is 12.5. The summed E-state index contributed by atoms with van der Waals surface area (Å²) in [6, 6.07) is 7.39. The molecule has 0 spiro atoms. The number of fused-ring (bicyclic) bond motifs is 1. The zero-order valence-corrected chi connectivity index (χ0v) is 11.1. The largest absolute Gasteiger partial charge is 0.758 e. The first kappa shape index (κ1) is 12.4. The maximum Gasteiger partial charge on any atom is 0.244 e. The summed E-state index contributed by atoms with van der Waals surface area (Å²) in [5.74, 6) is 0. The molecule has 0 radical (unpaired) electrons. The summed E-state index contributed by atoms with van der Waals surface area (Å²) in [5.41, 5.74) is 2.47. The molecule has 1 aromatic rings. The molecule has 0 N–H and O–H groups in total. The lowest BCUT2D eigenvalue weighted by molar-refractivity contribution is -0.536. The van der Waals surface area contributed by atoms with Crippen LogP contribution in [0.1, 0.15) is 36.8 Å². The van der Waals surface area contributed by atoms with Crippen LogP contribution in [-0.2, 0) is 0 Å². The first-order valence-corrected chi connectivity index (χ1v) is 6.87. The molecule has 1 aliphatic carbocycles. The van der Waals surface area contributed by atoms with E-state index in [1.165, 1.54) is 6.20 Å². The fourth-order valence-corrected chi connectivity index (χ4v) is 3.04. The standard InChI is InChI=1S/C15H18N2O2/c1-11-6-8-12(9-7-11)15-10-16(18)13-4-2-3-5-14(13)17(15)19/h6-10,13-14H,2-5H2,1H3/t13-,14-/m0/s1. The van der Waals surface area contributed by atoms with E-state index in [1.54, 1.807) is 0 Å². The van der Waals surface area contributed by atoms with Gasteiger partial charge in [0.25, 0.3) is 0 Å². The van der Waals surface area contributed by atoms with E-state index >= 15 is 0 Å². The van der Waals surface area contributed by atoms with Gasteiger partial charge in [-0.3, -0.25) is 0 Å². The van der Waals surface area contributed by atoms with Crippen LogP contribution in [0.2, 0.25) is 0 Å². The monoisotopic (exact) mass is 258 g/mol. The zero-order chi connectivity index (χ0) is 13.4. The van der Waals surface area contributed by atoms with Crippen LogP contribution in [-0.4, -0.2) is 21.9 Å². The highest BCUT2D eigenvalue weighted by molar-refractivity contribution is 5.64. The number of nitroso groups, excluding NO2 is 1. The third-order valence-electron chi connectivity index (χ3n) is 4.16. The van der Waals surface area contributed by atoms with Crippen molar-refractivity contribution in [3.63, 3.8) is 0 Å². The third-order valence-corrected chi connectivity index (χ3v) is 4.16. The molecule has 2 aliphatic rings. The van der Waals surface area contributed by atoms with Crippen molar-refractivity contribution in [2.45, 2.75) is 44.7 Å². The molecular weight excluding hydrogens is 240 g/mol. The number of hydrogen-bond donors (Lipinski definition) is 0. The number of hydrogen-bond acceptors (Lipinski definition) is 3. The molecule has 4 nitrogen and oxygen atoms in total. The van der Waals surface area contributed by atoms with Gasteiger partial charge in [0.1, 0.15) is 5.70 Å². The second-order valence-corrected chi connectivity index (χ2v) is 5.49. The van der Waals surface area contributed by atoms with Crippen molar-refractivity contribution in [2.24, 2.45) is 0 Å². The van der Waals surface area contributed by atoms with Gasteiger partial charge in [0, 0.05) is 21.7 Å². The summed E-state index contributed by atoms with van der Waals surface area (Å²) in [6.07, 6.45) is 5.18. The first-order chi connectivity index (χ1) is 9.16. The van der Waals surface area contributed by atoms with Crippen LogP contribution in [0.4, 0.5) is 0 Å². The van der Waals surface area contributed by atoms with Crippen LogP contribution >= 0.6 is 0 Å². The Hall–Kier alpha value is -1.68.